The number of rotatable bonds is 9. The molecule has 0 radical (unpaired) electrons. The number of para-hydroxylation sites is 1. The van der Waals surface area contributed by atoms with Crippen LogP contribution in [-0.2, 0) is 0 Å². The van der Waals surface area contributed by atoms with E-state index < -0.39 is 0 Å². The lowest BCUT2D eigenvalue weighted by molar-refractivity contribution is 0.0956. The smallest absolute Gasteiger partial charge is 0.253 e. The van der Waals surface area contributed by atoms with Crippen LogP contribution in [0.15, 0.2) is 48.7 Å². The lowest BCUT2D eigenvalue weighted by atomic mass is 10.1. The Hall–Kier alpha value is -3.52. The molecule has 0 unspecified atom stereocenters. The molecule has 178 valence electrons. The van der Waals surface area contributed by atoms with E-state index in [-0.39, 0.29) is 5.91 Å². The molecule has 1 aromatic heterocycles. The third-order valence-corrected chi connectivity index (χ3v) is 5.77. The molecule has 4 rings (SSSR count). The van der Waals surface area contributed by atoms with E-state index in [9.17, 15) is 4.79 Å². The highest BCUT2D eigenvalue weighted by atomic mass is 35.5. The molecule has 34 heavy (non-hydrogen) atoms. The topological polar surface area (TPSA) is 91.4 Å². The number of nitrogens with zero attached hydrogens (tertiary/aromatic N) is 3. The Morgan fingerprint density at radius 3 is 2.65 bits per heavy atom. The Balaban J connectivity index is 1.58. The molecule has 2 heterocycles. The zero-order valence-electron chi connectivity index (χ0n) is 19.4. The number of hydrogen-bond acceptors (Lipinski definition) is 7. The highest BCUT2D eigenvalue weighted by Crippen LogP contribution is 2.34. The van der Waals surface area contributed by atoms with Gasteiger partial charge in [0.25, 0.3) is 5.91 Å². The van der Waals surface area contributed by atoms with Crippen molar-refractivity contribution < 1.29 is 9.53 Å². The number of aromatic nitrogens is 2. The molecule has 0 bridgehead atoms. The van der Waals surface area contributed by atoms with Crippen molar-refractivity contribution >= 4 is 46.3 Å². The SMILES string of the molecule is CCNC(=O)c1ccccc1Nc1nc(Nc2ccc(N3CCCC3)cc2OCC)ncc1Cl. The molecule has 2 aromatic carbocycles. The number of amides is 1. The van der Waals surface area contributed by atoms with E-state index in [4.69, 9.17) is 16.3 Å². The minimum absolute atomic E-state index is 0.173. The first-order chi connectivity index (χ1) is 16.6. The normalized spacial score (nSPS) is 13.0. The summed E-state index contributed by atoms with van der Waals surface area (Å²) < 4.78 is 5.89. The van der Waals surface area contributed by atoms with E-state index in [2.05, 4.69) is 43.0 Å². The summed E-state index contributed by atoms with van der Waals surface area (Å²) in [4.78, 5) is 23.7. The molecular weight excluding hydrogens is 452 g/mol. The molecule has 3 N–H and O–H groups in total. The van der Waals surface area contributed by atoms with Crippen molar-refractivity contribution in [2.24, 2.45) is 0 Å². The fraction of sp³-hybridized carbons (Fsp3) is 0.320. The highest BCUT2D eigenvalue weighted by molar-refractivity contribution is 6.33. The van der Waals surface area contributed by atoms with Crippen molar-refractivity contribution in [3.05, 3.63) is 59.2 Å². The fourth-order valence-corrected chi connectivity index (χ4v) is 4.01. The second kappa shape index (κ2) is 11.1. The fourth-order valence-electron chi connectivity index (χ4n) is 3.87. The Morgan fingerprint density at radius 2 is 1.88 bits per heavy atom. The zero-order chi connectivity index (χ0) is 23.9. The second-order valence-corrected chi connectivity index (χ2v) is 8.26. The number of carbonyl (C=O) groups is 1. The summed E-state index contributed by atoms with van der Waals surface area (Å²) in [5.74, 6) is 1.31. The number of nitrogens with one attached hydrogen (secondary N) is 3. The average Bonchev–Trinajstić information content (AvgIpc) is 3.38. The molecular formula is C25H29ClN6O2. The van der Waals surface area contributed by atoms with Crippen molar-refractivity contribution in [1.29, 1.82) is 0 Å². The molecule has 9 heteroatoms. The molecule has 0 saturated carbocycles. The molecule has 3 aromatic rings. The number of carbonyl (C=O) groups excluding carboxylic acids is 1. The van der Waals surface area contributed by atoms with Crippen molar-refractivity contribution in [2.75, 3.05) is 41.8 Å². The van der Waals surface area contributed by atoms with E-state index in [0.29, 0.717) is 41.2 Å². The molecule has 1 aliphatic heterocycles. The van der Waals surface area contributed by atoms with E-state index in [0.717, 1.165) is 30.2 Å². The summed E-state index contributed by atoms with van der Waals surface area (Å²) in [6, 6.07) is 13.3. The van der Waals surface area contributed by atoms with Crippen LogP contribution in [0.5, 0.6) is 5.75 Å². The van der Waals surface area contributed by atoms with Gasteiger partial charge in [0.15, 0.2) is 5.82 Å². The minimum atomic E-state index is -0.173. The summed E-state index contributed by atoms with van der Waals surface area (Å²) in [6.45, 7) is 7.04. The maximum absolute atomic E-state index is 12.4. The number of anilines is 5. The van der Waals surface area contributed by atoms with Crippen LogP contribution < -0.4 is 25.6 Å². The average molecular weight is 481 g/mol. The van der Waals surface area contributed by atoms with Crippen molar-refractivity contribution in [3.8, 4) is 5.75 Å². The van der Waals surface area contributed by atoms with E-state index in [1.54, 1.807) is 12.1 Å². The lowest BCUT2D eigenvalue weighted by Gasteiger charge is -2.20. The standard InChI is InChI=1S/C25H29ClN6O2/c1-3-27-24(33)18-9-5-6-10-20(18)29-23-19(26)16-28-25(31-23)30-21-12-11-17(15-22(21)34-4-2)32-13-7-8-14-32/h5-6,9-12,15-16H,3-4,7-8,13-14H2,1-2H3,(H,27,33)(H2,28,29,30,31). The summed E-state index contributed by atoms with van der Waals surface area (Å²) in [7, 11) is 0. The molecule has 8 nitrogen and oxygen atoms in total. The van der Waals surface area contributed by atoms with Crippen molar-refractivity contribution in [3.63, 3.8) is 0 Å². The van der Waals surface area contributed by atoms with Crippen LogP contribution in [0.25, 0.3) is 0 Å². The highest BCUT2D eigenvalue weighted by Gasteiger charge is 2.16. The maximum atomic E-state index is 12.4. The number of halogens is 1. The summed E-state index contributed by atoms with van der Waals surface area (Å²) in [5, 5.41) is 9.57. The third kappa shape index (κ3) is 5.51. The predicted octanol–water partition coefficient (Wildman–Crippen LogP) is 5.37. The number of benzene rings is 2. The van der Waals surface area contributed by atoms with Gasteiger partial charge in [-0.25, -0.2) is 4.98 Å². The molecule has 0 aliphatic carbocycles. The van der Waals surface area contributed by atoms with Gasteiger partial charge in [-0.1, -0.05) is 23.7 Å². The Labute approximate surface area is 204 Å². The van der Waals surface area contributed by atoms with Gasteiger partial charge in [-0.15, -0.1) is 0 Å². The van der Waals surface area contributed by atoms with E-state index in [1.165, 1.54) is 19.0 Å². The Kier molecular flexibility index (Phi) is 7.69. The van der Waals surface area contributed by atoms with Crippen LogP contribution in [0.2, 0.25) is 5.02 Å². The number of ether oxygens (including phenoxy) is 1. The minimum Gasteiger partial charge on any atom is -0.492 e. The first-order valence-electron chi connectivity index (χ1n) is 11.5. The van der Waals surface area contributed by atoms with E-state index in [1.807, 2.05) is 32.0 Å². The molecule has 0 spiro atoms. The summed E-state index contributed by atoms with van der Waals surface area (Å²) in [6.07, 6.45) is 3.94. The van der Waals surface area contributed by atoms with Gasteiger partial charge in [0.1, 0.15) is 10.8 Å². The van der Waals surface area contributed by atoms with E-state index >= 15 is 0 Å². The summed E-state index contributed by atoms with van der Waals surface area (Å²) >= 11 is 6.37. The Bertz CT molecular complexity index is 1150. The molecule has 0 atom stereocenters. The van der Waals surface area contributed by atoms with Crippen molar-refractivity contribution in [2.45, 2.75) is 26.7 Å². The molecule has 1 saturated heterocycles. The molecule has 1 aliphatic rings. The van der Waals surface area contributed by atoms with Crippen LogP contribution in [-0.4, -0.2) is 42.1 Å². The summed E-state index contributed by atoms with van der Waals surface area (Å²) in [5.41, 5.74) is 3.02. The van der Waals surface area contributed by atoms with Crippen LogP contribution >= 0.6 is 11.6 Å². The third-order valence-electron chi connectivity index (χ3n) is 5.49. The van der Waals surface area contributed by atoms with Gasteiger partial charge < -0.3 is 25.6 Å². The van der Waals surface area contributed by atoms with Crippen LogP contribution in [0.1, 0.15) is 37.0 Å². The first kappa shape index (κ1) is 23.6. The molecule has 1 amide bonds. The maximum Gasteiger partial charge on any atom is 0.253 e. The second-order valence-electron chi connectivity index (χ2n) is 7.85. The largest absolute Gasteiger partial charge is 0.492 e. The molecule has 1 fully saturated rings. The van der Waals surface area contributed by atoms with Gasteiger partial charge >= 0.3 is 0 Å². The van der Waals surface area contributed by atoms with Gasteiger partial charge in [0.2, 0.25) is 5.95 Å². The van der Waals surface area contributed by atoms with Gasteiger partial charge in [-0.05, 0) is 51.0 Å². The lowest BCUT2D eigenvalue weighted by Crippen LogP contribution is -2.23. The Morgan fingerprint density at radius 1 is 1.09 bits per heavy atom. The van der Waals surface area contributed by atoms with Crippen molar-refractivity contribution in [1.82, 2.24) is 15.3 Å². The van der Waals surface area contributed by atoms with Crippen LogP contribution in [0, 0.1) is 0 Å². The van der Waals surface area contributed by atoms with Gasteiger partial charge in [0.05, 0.1) is 29.7 Å². The number of hydrogen-bond donors (Lipinski definition) is 3. The quantitative estimate of drug-likeness (QED) is 0.379. The van der Waals surface area contributed by atoms with Crippen LogP contribution in [0.3, 0.4) is 0 Å². The monoisotopic (exact) mass is 480 g/mol. The first-order valence-corrected chi connectivity index (χ1v) is 11.9. The van der Waals surface area contributed by atoms with Crippen LogP contribution in [0.4, 0.5) is 28.8 Å². The van der Waals surface area contributed by atoms with Gasteiger partial charge in [-0.2, -0.15) is 4.98 Å². The predicted molar refractivity (Wildman–Crippen MR) is 137 cm³/mol. The van der Waals surface area contributed by atoms with Gasteiger partial charge in [0, 0.05) is 31.4 Å². The van der Waals surface area contributed by atoms with Gasteiger partial charge in [-0.3, -0.25) is 4.79 Å². The zero-order valence-corrected chi connectivity index (χ0v) is 20.2.